The molecule has 24 heavy (non-hydrogen) atoms. The monoisotopic (exact) mass is 319 g/mol. The minimum absolute atomic E-state index is 0.0336. The fraction of sp³-hybridized carbons (Fsp3) is 0.222. The second-order valence-corrected chi connectivity index (χ2v) is 5.83. The molecule has 1 atom stereocenters. The Morgan fingerprint density at radius 3 is 3.00 bits per heavy atom. The summed E-state index contributed by atoms with van der Waals surface area (Å²) in [4.78, 5) is 21.0. The summed E-state index contributed by atoms with van der Waals surface area (Å²) in [6.45, 7) is 0. The number of nitrogens with one attached hydrogen (secondary N) is 1. The Kier molecular flexibility index (Phi) is 3.78. The Balaban J connectivity index is 1.63. The molecule has 0 aliphatic heterocycles. The molecule has 6 heteroatoms. The van der Waals surface area contributed by atoms with Gasteiger partial charge in [0.2, 0.25) is 0 Å². The van der Waals surface area contributed by atoms with Gasteiger partial charge in [0.25, 0.3) is 5.91 Å². The molecule has 0 fully saturated rings. The molecule has 4 rings (SSSR count). The third kappa shape index (κ3) is 2.67. The van der Waals surface area contributed by atoms with Crippen LogP contribution in [-0.4, -0.2) is 25.7 Å². The van der Waals surface area contributed by atoms with Gasteiger partial charge in [-0.05, 0) is 42.5 Å². The van der Waals surface area contributed by atoms with Gasteiger partial charge in [0, 0.05) is 6.20 Å². The summed E-state index contributed by atoms with van der Waals surface area (Å²) in [5.74, 6) is 0.340. The molecule has 0 bridgehead atoms. The molecule has 1 N–H and O–H groups in total. The Labute approximate surface area is 139 Å². The molecule has 120 valence electrons. The van der Waals surface area contributed by atoms with Gasteiger partial charge in [-0.1, -0.05) is 24.3 Å². The Morgan fingerprint density at radius 2 is 2.12 bits per heavy atom. The highest BCUT2D eigenvalue weighted by Crippen LogP contribution is 2.29. The van der Waals surface area contributed by atoms with E-state index in [2.05, 4.69) is 32.5 Å². The molecule has 0 saturated heterocycles. The van der Waals surface area contributed by atoms with Crippen molar-refractivity contribution in [2.24, 2.45) is 0 Å². The van der Waals surface area contributed by atoms with E-state index in [1.165, 1.54) is 28.5 Å². The van der Waals surface area contributed by atoms with Crippen molar-refractivity contribution in [3.8, 4) is 5.82 Å². The number of pyridine rings is 1. The summed E-state index contributed by atoms with van der Waals surface area (Å²) in [5.41, 5.74) is 3.02. The lowest BCUT2D eigenvalue weighted by Crippen LogP contribution is -2.31. The third-order valence-corrected chi connectivity index (χ3v) is 4.34. The maximum atomic E-state index is 12.8. The van der Waals surface area contributed by atoms with Crippen LogP contribution in [0.2, 0.25) is 0 Å². The topological polar surface area (TPSA) is 72.7 Å². The van der Waals surface area contributed by atoms with Gasteiger partial charge in [0.05, 0.1) is 11.6 Å². The summed E-state index contributed by atoms with van der Waals surface area (Å²) in [7, 11) is 0. The maximum absolute atomic E-state index is 12.8. The number of hydrogen-bond acceptors (Lipinski definition) is 4. The van der Waals surface area contributed by atoms with Gasteiger partial charge in [-0.15, -0.1) is 0 Å². The lowest BCUT2D eigenvalue weighted by molar-refractivity contribution is 0.0932. The third-order valence-electron chi connectivity index (χ3n) is 4.34. The molecule has 3 aromatic rings. The summed E-state index contributed by atoms with van der Waals surface area (Å²) in [6.07, 6.45) is 7.69. The second-order valence-electron chi connectivity index (χ2n) is 5.83. The van der Waals surface area contributed by atoms with E-state index in [1.807, 2.05) is 12.1 Å². The first-order chi connectivity index (χ1) is 11.8. The van der Waals surface area contributed by atoms with Gasteiger partial charge in [0.1, 0.15) is 12.7 Å². The first-order valence-electron chi connectivity index (χ1n) is 8.01. The number of nitrogens with zero attached hydrogens (tertiary/aromatic N) is 4. The number of carbonyl (C=O) groups is 1. The molecule has 1 amide bonds. The number of aryl methyl sites for hydroxylation is 1. The summed E-state index contributed by atoms with van der Waals surface area (Å²) < 4.78 is 1.50. The van der Waals surface area contributed by atoms with E-state index >= 15 is 0 Å². The SMILES string of the molecule is O=C(NC1CCCc2ccccc21)c1cccnc1-n1cncn1. The van der Waals surface area contributed by atoms with Crippen molar-refractivity contribution in [3.05, 3.63) is 71.9 Å². The largest absolute Gasteiger partial charge is 0.345 e. The quantitative estimate of drug-likeness (QED) is 0.805. The normalized spacial score (nSPS) is 16.4. The van der Waals surface area contributed by atoms with E-state index in [4.69, 9.17) is 0 Å². The number of fused-ring (bicyclic) bond motifs is 1. The van der Waals surface area contributed by atoms with Crippen molar-refractivity contribution < 1.29 is 4.79 Å². The molecule has 2 heterocycles. The highest BCUT2D eigenvalue weighted by Gasteiger charge is 2.23. The highest BCUT2D eigenvalue weighted by molar-refractivity contribution is 5.97. The molecular formula is C18H17N5O. The number of hydrogen-bond donors (Lipinski definition) is 1. The lowest BCUT2D eigenvalue weighted by atomic mass is 9.87. The van der Waals surface area contributed by atoms with Crippen LogP contribution >= 0.6 is 0 Å². The van der Waals surface area contributed by atoms with E-state index in [0.29, 0.717) is 11.4 Å². The van der Waals surface area contributed by atoms with E-state index in [0.717, 1.165) is 19.3 Å². The van der Waals surface area contributed by atoms with Crippen molar-refractivity contribution in [1.29, 1.82) is 0 Å². The van der Waals surface area contributed by atoms with Crippen LogP contribution in [-0.2, 0) is 6.42 Å². The van der Waals surface area contributed by atoms with E-state index in [-0.39, 0.29) is 11.9 Å². The van der Waals surface area contributed by atoms with Crippen molar-refractivity contribution >= 4 is 5.91 Å². The van der Waals surface area contributed by atoms with Gasteiger partial charge in [-0.2, -0.15) is 5.10 Å². The fourth-order valence-corrected chi connectivity index (χ4v) is 3.21. The summed E-state index contributed by atoms with van der Waals surface area (Å²) in [5, 5.41) is 7.23. The molecule has 0 saturated carbocycles. The standard InChI is InChI=1S/C18H17N5O/c24-18(15-8-4-10-20-17(15)23-12-19-11-21-23)22-16-9-3-6-13-5-1-2-7-14(13)16/h1-2,4-5,7-8,10-12,16H,3,6,9H2,(H,22,24). The zero-order valence-electron chi connectivity index (χ0n) is 13.1. The van der Waals surface area contributed by atoms with Gasteiger partial charge in [-0.25, -0.2) is 14.6 Å². The van der Waals surface area contributed by atoms with Gasteiger partial charge in [-0.3, -0.25) is 4.79 Å². The van der Waals surface area contributed by atoms with E-state index in [9.17, 15) is 4.79 Å². The number of carbonyl (C=O) groups excluding carboxylic acids is 1. The van der Waals surface area contributed by atoms with Crippen LogP contribution in [0.3, 0.4) is 0 Å². The second kappa shape index (κ2) is 6.23. The predicted octanol–water partition coefficient (Wildman–Crippen LogP) is 2.47. The smallest absolute Gasteiger partial charge is 0.255 e. The number of amides is 1. The first-order valence-corrected chi connectivity index (χ1v) is 8.01. The van der Waals surface area contributed by atoms with Gasteiger partial charge < -0.3 is 5.32 Å². The van der Waals surface area contributed by atoms with Crippen LogP contribution in [0.5, 0.6) is 0 Å². The first kappa shape index (κ1) is 14.6. The Hall–Kier alpha value is -3.02. The lowest BCUT2D eigenvalue weighted by Gasteiger charge is -2.26. The van der Waals surface area contributed by atoms with Crippen LogP contribution in [0.15, 0.2) is 55.2 Å². The zero-order valence-corrected chi connectivity index (χ0v) is 13.1. The van der Waals surface area contributed by atoms with E-state index in [1.54, 1.807) is 18.3 Å². The van der Waals surface area contributed by atoms with Crippen LogP contribution in [0.1, 0.15) is 40.4 Å². The Morgan fingerprint density at radius 1 is 1.21 bits per heavy atom. The average Bonchev–Trinajstić information content (AvgIpc) is 3.16. The summed E-state index contributed by atoms with van der Waals surface area (Å²) in [6, 6.07) is 11.9. The predicted molar refractivity (Wildman–Crippen MR) is 88.7 cm³/mol. The van der Waals surface area contributed by atoms with Crippen LogP contribution < -0.4 is 5.32 Å². The minimum Gasteiger partial charge on any atom is -0.345 e. The number of benzene rings is 1. The van der Waals surface area contributed by atoms with Gasteiger partial charge >= 0.3 is 0 Å². The minimum atomic E-state index is -0.143. The van der Waals surface area contributed by atoms with Crippen molar-refractivity contribution in [3.63, 3.8) is 0 Å². The zero-order chi connectivity index (χ0) is 16.4. The highest BCUT2D eigenvalue weighted by atomic mass is 16.1. The number of rotatable bonds is 3. The molecule has 6 nitrogen and oxygen atoms in total. The number of aromatic nitrogens is 4. The van der Waals surface area contributed by atoms with Crippen LogP contribution in [0.4, 0.5) is 0 Å². The van der Waals surface area contributed by atoms with E-state index < -0.39 is 0 Å². The fourth-order valence-electron chi connectivity index (χ4n) is 3.21. The van der Waals surface area contributed by atoms with Crippen LogP contribution in [0, 0.1) is 0 Å². The van der Waals surface area contributed by atoms with Crippen molar-refractivity contribution in [2.75, 3.05) is 0 Å². The van der Waals surface area contributed by atoms with Crippen LogP contribution in [0.25, 0.3) is 5.82 Å². The molecule has 0 spiro atoms. The van der Waals surface area contributed by atoms with Gasteiger partial charge in [0.15, 0.2) is 5.82 Å². The molecule has 1 unspecified atom stereocenters. The molecule has 2 aromatic heterocycles. The van der Waals surface area contributed by atoms with Crippen molar-refractivity contribution in [2.45, 2.75) is 25.3 Å². The Bertz CT molecular complexity index is 859. The van der Waals surface area contributed by atoms with Crippen molar-refractivity contribution in [1.82, 2.24) is 25.1 Å². The molecule has 1 aromatic carbocycles. The molecule has 1 aliphatic rings. The molecule has 1 aliphatic carbocycles. The summed E-state index contributed by atoms with van der Waals surface area (Å²) >= 11 is 0. The average molecular weight is 319 g/mol. The maximum Gasteiger partial charge on any atom is 0.255 e. The molecular weight excluding hydrogens is 302 g/mol. The molecule has 0 radical (unpaired) electrons.